The molecule has 112 valence electrons. The smallest absolute Gasteiger partial charge is 0.240 e. The molecule has 1 fully saturated rings. The summed E-state index contributed by atoms with van der Waals surface area (Å²) in [5, 5.41) is 3.64. The lowest BCUT2D eigenvalue weighted by atomic mass is 9.97. The maximum Gasteiger partial charge on any atom is 0.240 e. The van der Waals surface area contributed by atoms with Crippen LogP contribution < -0.4 is 5.32 Å². The quantitative estimate of drug-likeness (QED) is 0.944. The molecule has 2 heterocycles. The molecule has 1 amide bonds. The van der Waals surface area contributed by atoms with Gasteiger partial charge < -0.3 is 5.32 Å². The monoisotopic (exact) mass is 303 g/mol. The van der Waals surface area contributed by atoms with E-state index in [0.717, 1.165) is 10.2 Å². The van der Waals surface area contributed by atoms with Crippen molar-refractivity contribution in [2.45, 2.75) is 45.2 Å². The first-order chi connectivity index (χ1) is 10.1. The Morgan fingerprint density at radius 2 is 2.05 bits per heavy atom. The van der Waals surface area contributed by atoms with E-state index in [-0.39, 0.29) is 5.91 Å². The van der Waals surface area contributed by atoms with Gasteiger partial charge in [0.1, 0.15) is 0 Å². The van der Waals surface area contributed by atoms with E-state index in [9.17, 15) is 4.79 Å². The molecule has 5 heteroatoms. The number of amides is 1. The van der Waals surface area contributed by atoms with Crippen molar-refractivity contribution in [3.63, 3.8) is 0 Å². The molecule has 1 aromatic carbocycles. The second-order valence-corrected chi connectivity index (χ2v) is 6.87. The first-order valence-corrected chi connectivity index (χ1v) is 8.36. The summed E-state index contributed by atoms with van der Waals surface area (Å²) < 4.78 is 1.10. The van der Waals surface area contributed by atoms with Gasteiger partial charge in [-0.25, -0.2) is 4.98 Å². The van der Waals surface area contributed by atoms with E-state index < -0.39 is 0 Å². The minimum atomic E-state index is 0.0367. The minimum absolute atomic E-state index is 0.0367. The molecule has 0 bridgehead atoms. The summed E-state index contributed by atoms with van der Waals surface area (Å²) in [4.78, 5) is 19.0. The second-order valence-electron chi connectivity index (χ2n) is 5.84. The van der Waals surface area contributed by atoms with E-state index in [1.807, 2.05) is 24.3 Å². The zero-order chi connectivity index (χ0) is 14.8. The van der Waals surface area contributed by atoms with Crippen LogP contribution in [-0.2, 0) is 4.79 Å². The Morgan fingerprint density at radius 3 is 2.76 bits per heavy atom. The Kier molecular flexibility index (Phi) is 4.22. The van der Waals surface area contributed by atoms with Crippen LogP contribution in [-0.4, -0.2) is 34.4 Å². The fourth-order valence-corrected chi connectivity index (χ4v) is 3.92. The highest BCUT2D eigenvalue weighted by molar-refractivity contribution is 7.22. The predicted molar refractivity (Wildman–Crippen MR) is 87.7 cm³/mol. The van der Waals surface area contributed by atoms with Gasteiger partial charge in [0, 0.05) is 12.1 Å². The normalized spacial score (nSPS) is 23.3. The lowest BCUT2D eigenvalue weighted by Crippen LogP contribution is -2.47. The van der Waals surface area contributed by atoms with Gasteiger partial charge in [0.05, 0.1) is 16.8 Å². The number of fused-ring (bicyclic) bond motifs is 1. The van der Waals surface area contributed by atoms with E-state index in [0.29, 0.717) is 23.8 Å². The number of hydrogen-bond acceptors (Lipinski definition) is 4. The van der Waals surface area contributed by atoms with Crippen molar-refractivity contribution in [2.24, 2.45) is 0 Å². The van der Waals surface area contributed by atoms with E-state index in [1.54, 1.807) is 0 Å². The number of nitrogens with zero attached hydrogens (tertiary/aromatic N) is 2. The number of carbonyl (C=O) groups excluding carboxylic acids is 1. The summed E-state index contributed by atoms with van der Waals surface area (Å²) in [6, 6.07) is 8.91. The van der Waals surface area contributed by atoms with Crippen molar-refractivity contribution in [2.75, 3.05) is 11.9 Å². The maximum absolute atomic E-state index is 12.3. The number of anilines is 1. The molecular formula is C16H21N3OS. The number of benzene rings is 1. The van der Waals surface area contributed by atoms with Crippen LogP contribution in [0.1, 0.15) is 33.1 Å². The van der Waals surface area contributed by atoms with Gasteiger partial charge in [-0.15, -0.1) is 0 Å². The van der Waals surface area contributed by atoms with E-state index >= 15 is 0 Å². The van der Waals surface area contributed by atoms with Gasteiger partial charge in [-0.2, -0.15) is 0 Å². The third kappa shape index (κ3) is 3.24. The van der Waals surface area contributed by atoms with Gasteiger partial charge in [0.25, 0.3) is 0 Å². The van der Waals surface area contributed by atoms with Crippen LogP contribution in [0.25, 0.3) is 10.2 Å². The third-order valence-electron chi connectivity index (χ3n) is 4.24. The summed E-state index contributed by atoms with van der Waals surface area (Å²) in [5.74, 6) is 0.0367. The standard InChI is InChI=1S/C16H21N3OS/c1-11-6-5-7-12(2)19(11)10-15(20)18-16-17-13-8-3-4-9-14(13)21-16/h3-4,8-9,11-12H,5-7,10H2,1-2H3,(H,17,18,20)/t11-,12+. The number of rotatable bonds is 3. The lowest BCUT2D eigenvalue weighted by molar-refractivity contribution is -0.118. The van der Waals surface area contributed by atoms with Crippen LogP contribution in [0.5, 0.6) is 0 Å². The first kappa shape index (κ1) is 14.5. The number of nitrogens with one attached hydrogen (secondary N) is 1. The molecule has 0 unspecified atom stereocenters. The largest absolute Gasteiger partial charge is 0.301 e. The Morgan fingerprint density at radius 1 is 1.33 bits per heavy atom. The zero-order valence-electron chi connectivity index (χ0n) is 12.5. The highest BCUT2D eigenvalue weighted by atomic mass is 32.1. The number of aromatic nitrogens is 1. The predicted octanol–water partition coefficient (Wildman–Crippen LogP) is 3.50. The molecule has 3 rings (SSSR count). The number of piperidine rings is 1. The van der Waals surface area contributed by atoms with Crippen LogP contribution in [0.15, 0.2) is 24.3 Å². The van der Waals surface area contributed by atoms with Gasteiger partial charge in [-0.1, -0.05) is 29.9 Å². The highest BCUT2D eigenvalue weighted by Crippen LogP contribution is 2.26. The van der Waals surface area contributed by atoms with Crippen LogP contribution in [0, 0.1) is 0 Å². The van der Waals surface area contributed by atoms with Gasteiger partial charge in [-0.3, -0.25) is 9.69 Å². The van der Waals surface area contributed by atoms with Gasteiger partial charge >= 0.3 is 0 Å². The molecule has 0 radical (unpaired) electrons. The van der Waals surface area contributed by atoms with Crippen molar-refractivity contribution in [1.29, 1.82) is 0 Å². The fraction of sp³-hybridized carbons (Fsp3) is 0.500. The highest BCUT2D eigenvalue weighted by Gasteiger charge is 2.26. The molecule has 2 atom stereocenters. The molecule has 1 aromatic heterocycles. The summed E-state index contributed by atoms with van der Waals surface area (Å²) in [6.45, 7) is 4.87. The zero-order valence-corrected chi connectivity index (χ0v) is 13.3. The molecule has 0 spiro atoms. The van der Waals surface area contributed by atoms with Gasteiger partial charge in [0.2, 0.25) is 5.91 Å². The number of likely N-dealkylation sites (tertiary alicyclic amines) is 1. The van der Waals surface area contributed by atoms with Crippen molar-refractivity contribution in [1.82, 2.24) is 9.88 Å². The molecule has 2 aromatic rings. The molecule has 0 aliphatic carbocycles. The minimum Gasteiger partial charge on any atom is -0.301 e. The van der Waals surface area contributed by atoms with Crippen molar-refractivity contribution in [3.05, 3.63) is 24.3 Å². The van der Waals surface area contributed by atoms with E-state index in [4.69, 9.17) is 0 Å². The summed E-state index contributed by atoms with van der Waals surface area (Å²) in [5.41, 5.74) is 0.942. The second kappa shape index (κ2) is 6.12. The van der Waals surface area contributed by atoms with Gasteiger partial charge in [0.15, 0.2) is 5.13 Å². The number of hydrogen-bond donors (Lipinski definition) is 1. The topological polar surface area (TPSA) is 45.2 Å². The van der Waals surface area contributed by atoms with Crippen LogP contribution in [0.4, 0.5) is 5.13 Å². The SMILES string of the molecule is C[C@@H]1CCC[C@H](C)N1CC(=O)Nc1nc2ccccc2s1. The Bertz CT molecular complexity index is 596. The molecule has 4 nitrogen and oxygen atoms in total. The third-order valence-corrected chi connectivity index (χ3v) is 5.19. The Labute approximate surface area is 129 Å². The Balaban J connectivity index is 1.65. The van der Waals surface area contributed by atoms with Crippen molar-refractivity contribution >= 4 is 32.6 Å². The molecule has 0 saturated carbocycles. The first-order valence-electron chi connectivity index (χ1n) is 7.54. The molecule has 1 aliphatic heterocycles. The molecular weight excluding hydrogens is 282 g/mol. The average Bonchev–Trinajstić information content (AvgIpc) is 2.85. The summed E-state index contributed by atoms with van der Waals surface area (Å²) in [6.07, 6.45) is 3.62. The van der Waals surface area contributed by atoms with Crippen LogP contribution >= 0.6 is 11.3 Å². The summed E-state index contributed by atoms with van der Waals surface area (Å²) >= 11 is 1.53. The molecule has 1 N–H and O–H groups in total. The lowest BCUT2D eigenvalue weighted by Gasteiger charge is -2.38. The number of para-hydroxylation sites is 1. The molecule has 1 saturated heterocycles. The van der Waals surface area contributed by atoms with Crippen molar-refractivity contribution < 1.29 is 4.79 Å². The molecule has 21 heavy (non-hydrogen) atoms. The maximum atomic E-state index is 12.3. The van der Waals surface area contributed by atoms with Crippen LogP contribution in [0.3, 0.4) is 0 Å². The average molecular weight is 303 g/mol. The van der Waals surface area contributed by atoms with Crippen molar-refractivity contribution in [3.8, 4) is 0 Å². The summed E-state index contributed by atoms with van der Waals surface area (Å²) in [7, 11) is 0. The van der Waals surface area contributed by atoms with Crippen LogP contribution in [0.2, 0.25) is 0 Å². The molecule has 1 aliphatic rings. The number of thiazole rings is 1. The fourth-order valence-electron chi connectivity index (χ4n) is 3.04. The van der Waals surface area contributed by atoms with Gasteiger partial charge in [-0.05, 0) is 38.8 Å². The number of carbonyl (C=O) groups is 1. The Hall–Kier alpha value is -1.46. The van der Waals surface area contributed by atoms with E-state index in [1.165, 1.54) is 30.6 Å². The van der Waals surface area contributed by atoms with E-state index in [2.05, 4.69) is 29.0 Å².